The molecule has 0 heterocycles. The smallest absolute Gasteiger partial charge is 0.306 e. The SMILES string of the molecule is CC/C=C\C/C=C\C/C=C\C/C=C\CCCCCCCOCC(COC(=O)CCCCCCCCCCCCCCCCCCC)OC(=O)CCCCCCC/C=C\CCCC. The second kappa shape index (κ2) is 52.9. The van der Waals surface area contributed by atoms with E-state index in [1.807, 2.05) is 0 Å². The van der Waals surface area contributed by atoms with E-state index in [0.717, 1.165) is 83.5 Å². The van der Waals surface area contributed by atoms with Crippen molar-refractivity contribution in [1.29, 1.82) is 0 Å². The lowest BCUT2D eigenvalue weighted by Crippen LogP contribution is -2.30. The number of carbonyl (C=O) groups excluding carboxylic acids is 2. The molecule has 0 saturated heterocycles. The highest BCUT2D eigenvalue weighted by atomic mass is 16.6. The molecule has 0 fully saturated rings. The van der Waals surface area contributed by atoms with Gasteiger partial charge in [0.15, 0.2) is 6.10 Å². The fourth-order valence-electron chi connectivity index (χ4n) is 7.54. The maximum atomic E-state index is 12.8. The number of hydrogen-bond donors (Lipinski definition) is 0. The molecule has 0 radical (unpaired) electrons. The van der Waals surface area contributed by atoms with Crippen molar-refractivity contribution in [2.45, 2.75) is 271 Å². The summed E-state index contributed by atoms with van der Waals surface area (Å²) >= 11 is 0. The van der Waals surface area contributed by atoms with Crippen molar-refractivity contribution in [2.24, 2.45) is 0 Å². The average Bonchev–Trinajstić information content (AvgIpc) is 3.27. The Bertz CT molecular complexity index is 1070. The summed E-state index contributed by atoms with van der Waals surface area (Å²) < 4.78 is 17.4. The fourth-order valence-corrected chi connectivity index (χ4v) is 7.54. The molecule has 1 unspecified atom stereocenters. The van der Waals surface area contributed by atoms with Crippen LogP contribution in [0.1, 0.15) is 265 Å². The number of hydrogen-bond acceptors (Lipinski definition) is 5. The Hall–Kier alpha value is -2.40. The van der Waals surface area contributed by atoms with E-state index in [2.05, 4.69) is 81.5 Å². The van der Waals surface area contributed by atoms with Gasteiger partial charge < -0.3 is 14.2 Å². The zero-order chi connectivity index (χ0) is 44.9. The van der Waals surface area contributed by atoms with Crippen LogP contribution in [0.25, 0.3) is 0 Å². The van der Waals surface area contributed by atoms with Crippen molar-refractivity contribution in [1.82, 2.24) is 0 Å². The summed E-state index contributed by atoms with van der Waals surface area (Å²) in [4.78, 5) is 25.4. The minimum atomic E-state index is -0.549. The molecular weight excluding hydrogens is 765 g/mol. The topological polar surface area (TPSA) is 61.8 Å². The maximum Gasteiger partial charge on any atom is 0.306 e. The van der Waals surface area contributed by atoms with Crippen LogP contribution < -0.4 is 0 Å². The van der Waals surface area contributed by atoms with Crippen LogP contribution in [-0.4, -0.2) is 37.9 Å². The van der Waals surface area contributed by atoms with Crippen molar-refractivity contribution in [3.05, 3.63) is 60.8 Å². The predicted molar refractivity (Wildman–Crippen MR) is 270 cm³/mol. The van der Waals surface area contributed by atoms with E-state index in [1.54, 1.807) is 0 Å². The first-order chi connectivity index (χ1) is 30.6. The van der Waals surface area contributed by atoms with Gasteiger partial charge in [0, 0.05) is 19.4 Å². The Balaban J connectivity index is 4.24. The van der Waals surface area contributed by atoms with Crippen LogP contribution in [0.5, 0.6) is 0 Å². The normalized spacial score (nSPS) is 12.6. The quantitative estimate of drug-likeness (QED) is 0.0346. The van der Waals surface area contributed by atoms with Crippen LogP contribution in [0, 0.1) is 0 Å². The largest absolute Gasteiger partial charge is 0.462 e. The molecule has 0 aromatic carbocycles. The van der Waals surface area contributed by atoms with Gasteiger partial charge in [0.1, 0.15) is 6.61 Å². The van der Waals surface area contributed by atoms with Gasteiger partial charge in [-0.1, -0.05) is 236 Å². The molecule has 5 heteroatoms. The highest BCUT2D eigenvalue weighted by Gasteiger charge is 2.17. The van der Waals surface area contributed by atoms with Crippen LogP contribution >= 0.6 is 0 Å². The second-order valence-electron chi connectivity index (χ2n) is 17.8. The molecule has 0 bridgehead atoms. The molecular formula is C57H102O5. The Morgan fingerprint density at radius 2 is 0.742 bits per heavy atom. The van der Waals surface area contributed by atoms with Crippen LogP contribution in [0.2, 0.25) is 0 Å². The van der Waals surface area contributed by atoms with Gasteiger partial charge in [0.25, 0.3) is 0 Å². The molecule has 0 amide bonds. The van der Waals surface area contributed by atoms with E-state index >= 15 is 0 Å². The highest BCUT2D eigenvalue weighted by molar-refractivity contribution is 5.70. The summed E-state index contributed by atoms with van der Waals surface area (Å²) in [5.41, 5.74) is 0. The number of esters is 2. The van der Waals surface area contributed by atoms with Gasteiger partial charge in [0.05, 0.1) is 6.61 Å². The molecule has 0 saturated carbocycles. The Kier molecular flexibility index (Phi) is 50.9. The summed E-state index contributed by atoms with van der Waals surface area (Å²) in [7, 11) is 0. The van der Waals surface area contributed by atoms with Gasteiger partial charge in [-0.3, -0.25) is 9.59 Å². The minimum Gasteiger partial charge on any atom is -0.462 e. The van der Waals surface area contributed by atoms with E-state index < -0.39 is 6.10 Å². The maximum absolute atomic E-state index is 12.8. The first-order valence-corrected chi connectivity index (χ1v) is 26.8. The second-order valence-corrected chi connectivity index (χ2v) is 17.8. The van der Waals surface area contributed by atoms with Crippen molar-refractivity contribution in [3.8, 4) is 0 Å². The molecule has 0 aliphatic rings. The predicted octanol–water partition coefficient (Wildman–Crippen LogP) is 18.1. The number of carbonyl (C=O) groups is 2. The molecule has 1 atom stereocenters. The third-order valence-electron chi connectivity index (χ3n) is 11.5. The van der Waals surface area contributed by atoms with Gasteiger partial charge in [-0.2, -0.15) is 0 Å². The molecule has 360 valence electrons. The van der Waals surface area contributed by atoms with Gasteiger partial charge >= 0.3 is 11.9 Å². The molecule has 0 N–H and O–H groups in total. The summed E-state index contributed by atoms with van der Waals surface area (Å²) in [5.74, 6) is -0.410. The van der Waals surface area contributed by atoms with E-state index in [0.29, 0.717) is 19.4 Å². The lowest BCUT2D eigenvalue weighted by molar-refractivity contribution is -0.163. The van der Waals surface area contributed by atoms with Crippen molar-refractivity contribution in [2.75, 3.05) is 19.8 Å². The minimum absolute atomic E-state index is 0.0760. The monoisotopic (exact) mass is 867 g/mol. The van der Waals surface area contributed by atoms with Crippen molar-refractivity contribution < 1.29 is 23.8 Å². The van der Waals surface area contributed by atoms with E-state index in [-0.39, 0.29) is 25.2 Å². The lowest BCUT2D eigenvalue weighted by atomic mass is 10.0. The highest BCUT2D eigenvalue weighted by Crippen LogP contribution is 2.15. The summed E-state index contributed by atoms with van der Waals surface area (Å²) in [6.45, 7) is 7.66. The Morgan fingerprint density at radius 1 is 0.371 bits per heavy atom. The van der Waals surface area contributed by atoms with Gasteiger partial charge in [-0.15, -0.1) is 0 Å². The molecule has 0 aromatic rings. The first kappa shape index (κ1) is 59.6. The van der Waals surface area contributed by atoms with Crippen LogP contribution in [0.15, 0.2) is 60.8 Å². The van der Waals surface area contributed by atoms with E-state index in [9.17, 15) is 9.59 Å². The van der Waals surface area contributed by atoms with Crippen LogP contribution in [0.4, 0.5) is 0 Å². The lowest BCUT2D eigenvalue weighted by Gasteiger charge is -2.18. The zero-order valence-corrected chi connectivity index (χ0v) is 41.4. The molecule has 5 nitrogen and oxygen atoms in total. The van der Waals surface area contributed by atoms with Crippen LogP contribution in [-0.2, 0) is 23.8 Å². The number of rotatable bonds is 49. The van der Waals surface area contributed by atoms with Crippen LogP contribution in [0.3, 0.4) is 0 Å². The van der Waals surface area contributed by atoms with Crippen molar-refractivity contribution in [3.63, 3.8) is 0 Å². The van der Waals surface area contributed by atoms with E-state index in [1.165, 1.54) is 148 Å². The fraction of sp³-hybridized carbons (Fsp3) is 0.789. The third kappa shape index (κ3) is 50.2. The molecule has 0 aliphatic heterocycles. The standard InChI is InChI=1S/C57H102O5/c1-4-7-10-13-16-19-22-24-26-28-30-32-34-37-40-43-46-49-52-60-53-55(62-57(59)51-48-45-42-39-35-21-18-15-12-9-6-3)54-61-56(58)50-47-44-41-38-36-33-31-29-27-25-23-20-17-14-11-8-5-2/h7,10,15-16,18-19,24,26,30,32,55H,4-6,8-9,11-14,17,20-23,25,27-29,31,33-54H2,1-3H3/b10-7-,18-15-,19-16-,26-24-,32-30-. The molecule has 62 heavy (non-hydrogen) atoms. The van der Waals surface area contributed by atoms with E-state index in [4.69, 9.17) is 14.2 Å². The summed E-state index contributed by atoms with van der Waals surface area (Å²) in [6, 6.07) is 0. The number of allylic oxidation sites excluding steroid dienone is 10. The molecule has 0 rings (SSSR count). The Morgan fingerprint density at radius 3 is 1.23 bits per heavy atom. The Labute approximate surface area is 385 Å². The van der Waals surface area contributed by atoms with Gasteiger partial charge in [0.2, 0.25) is 0 Å². The average molecular weight is 867 g/mol. The first-order valence-electron chi connectivity index (χ1n) is 26.8. The van der Waals surface area contributed by atoms with Gasteiger partial charge in [-0.25, -0.2) is 0 Å². The zero-order valence-electron chi connectivity index (χ0n) is 41.4. The third-order valence-corrected chi connectivity index (χ3v) is 11.5. The molecule has 0 aromatic heterocycles. The molecule has 0 aliphatic carbocycles. The number of unbranched alkanes of at least 4 members (excludes halogenated alkanes) is 28. The summed E-state index contributed by atoms with van der Waals surface area (Å²) in [6.07, 6.45) is 66.6. The summed E-state index contributed by atoms with van der Waals surface area (Å²) in [5, 5.41) is 0. The number of ether oxygens (including phenoxy) is 3. The van der Waals surface area contributed by atoms with Crippen molar-refractivity contribution >= 4 is 11.9 Å². The van der Waals surface area contributed by atoms with Gasteiger partial charge in [-0.05, 0) is 77.0 Å². The molecule has 0 spiro atoms.